The van der Waals surface area contributed by atoms with Crippen molar-refractivity contribution in [2.75, 3.05) is 22.8 Å². The van der Waals surface area contributed by atoms with Crippen molar-refractivity contribution in [2.45, 2.75) is 64.3 Å². The fourth-order valence-electron chi connectivity index (χ4n) is 5.47. The van der Waals surface area contributed by atoms with E-state index in [1.807, 2.05) is 24.6 Å². The van der Waals surface area contributed by atoms with Crippen LogP contribution in [0.15, 0.2) is 18.3 Å². The fraction of sp³-hybridized carbons (Fsp3) is 0.542. The van der Waals surface area contributed by atoms with E-state index in [9.17, 15) is 13.2 Å². The second-order valence-electron chi connectivity index (χ2n) is 9.32. The molecule has 178 valence electrons. The molecular formula is C24H31N4NaO4S. The Morgan fingerprint density at radius 3 is 2.26 bits per heavy atom. The fourth-order valence-corrected chi connectivity index (χ4v) is 6.77. The number of anilines is 2. The summed E-state index contributed by atoms with van der Waals surface area (Å²) in [6.07, 6.45) is 8.83. The van der Waals surface area contributed by atoms with Crippen molar-refractivity contribution >= 4 is 27.6 Å². The molecule has 1 fully saturated rings. The smallest absolute Gasteiger partial charge is 0.423 e. The molecule has 0 bridgehead atoms. The van der Waals surface area contributed by atoms with Crippen molar-refractivity contribution in [1.82, 2.24) is 4.57 Å². The summed E-state index contributed by atoms with van der Waals surface area (Å²) in [4.78, 5) is 13.0. The average Bonchev–Trinajstić information content (AvgIpc) is 3.49. The number of urea groups is 1. The number of aryl methyl sites for hydroxylation is 4. The molecule has 34 heavy (non-hydrogen) atoms. The Morgan fingerprint density at radius 2 is 1.71 bits per heavy atom. The molecular weight excluding hydrogens is 463 g/mol. The maximum absolute atomic E-state index is 13.5. The van der Waals surface area contributed by atoms with Gasteiger partial charge in [0.2, 0.25) is 0 Å². The van der Waals surface area contributed by atoms with Crippen LogP contribution in [0.25, 0.3) is 4.72 Å². The summed E-state index contributed by atoms with van der Waals surface area (Å²) in [5, 5.41) is 2.88. The van der Waals surface area contributed by atoms with E-state index < -0.39 is 16.2 Å². The van der Waals surface area contributed by atoms with Crippen molar-refractivity contribution in [3.63, 3.8) is 0 Å². The Morgan fingerprint density at radius 1 is 1.09 bits per heavy atom. The number of fused-ring (bicyclic) bond motifs is 2. The van der Waals surface area contributed by atoms with E-state index in [2.05, 4.69) is 16.1 Å². The third kappa shape index (κ3) is 4.91. The molecule has 0 saturated carbocycles. The summed E-state index contributed by atoms with van der Waals surface area (Å²) < 4.78 is 39.3. The second-order valence-corrected chi connectivity index (χ2v) is 10.8. The van der Waals surface area contributed by atoms with E-state index in [-0.39, 0.29) is 35.6 Å². The molecule has 1 N–H and O–H groups in total. The van der Waals surface area contributed by atoms with Crippen LogP contribution in [0.2, 0.25) is 0 Å². The zero-order chi connectivity index (χ0) is 23.2. The van der Waals surface area contributed by atoms with Crippen LogP contribution in [0.4, 0.5) is 16.2 Å². The van der Waals surface area contributed by atoms with Crippen LogP contribution in [0, 0.1) is 6.92 Å². The van der Waals surface area contributed by atoms with Gasteiger partial charge in [-0.25, -0.2) is 8.42 Å². The molecule has 2 amide bonds. The molecule has 3 aliphatic rings. The van der Waals surface area contributed by atoms with E-state index in [4.69, 9.17) is 4.74 Å². The van der Waals surface area contributed by atoms with Crippen LogP contribution in [0.3, 0.4) is 0 Å². The first-order chi connectivity index (χ1) is 15.8. The van der Waals surface area contributed by atoms with Gasteiger partial charge in [-0.15, -0.1) is 0 Å². The van der Waals surface area contributed by atoms with Gasteiger partial charge in [0.15, 0.2) is 6.03 Å². The minimum atomic E-state index is -4.25. The first-order valence-corrected chi connectivity index (χ1v) is 13.2. The zero-order valence-electron chi connectivity index (χ0n) is 20.3. The molecule has 0 unspecified atom stereocenters. The monoisotopic (exact) mass is 494 g/mol. The van der Waals surface area contributed by atoms with E-state index in [1.165, 1.54) is 15.4 Å². The number of amides is 2. The predicted octanol–water partition coefficient (Wildman–Crippen LogP) is 1.15. The van der Waals surface area contributed by atoms with Gasteiger partial charge in [0.25, 0.3) is 10.2 Å². The first-order valence-electron chi connectivity index (χ1n) is 11.8. The van der Waals surface area contributed by atoms with Crippen molar-refractivity contribution in [2.24, 2.45) is 7.05 Å². The maximum atomic E-state index is 13.5. The Kier molecular flexibility index (Phi) is 7.69. The Labute approximate surface area is 223 Å². The number of carbonyl (C=O) groups excluding carboxylic acids is 1. The molecule has 1 aromatic carbocycles. The van der Waals surface area contributed by atoms with Gasteiger partial charge >= 0.3 is 29.6 Å². The number of nitrogens with zero attached hydrogens (tertiary/aromatic N) is 3. The third-order valence-electron chi connectivity index (χ3n) is 7.17. The van der Waals surface area contributed by atoms with Crippen LogP contribution < -0.4 is 39.2 Å². The number of rotatable bonds is 5. The number of hydrogen-bond acceptors (Lipinski definition) is 4. The summed E-state index contributed by atoms with van der Waals surface area (Å²) >= 11 is 0. The number of nitrogens with one attached hydrogen (secondary N) is 1. The van der Waals surface area contributed by atoms with Gasteiger partial charge < -0.3 is 19.3 Å². The van der Waals surface area contributed by atoms with Gasteiger partial charge in [-0.1, -0.05) is 6.07 Å². The summed E-state index contributed by atoms with van der Waals surface area (Å²) in [7, 11) is -2.38. The van der Waals surface area contributed by atoms with Gasteiger partial charge in [0, 0.05) is 38.2 Å². The number of carbonyl (C=O) groups is 1. The Bertz CT molecular complexity index is 1140. The predicted molar refractivity (Wildman–Crippen MR) is 128 cm³/mol. The van der Waals surface area contributed by atoms with Crippen LogP contribution in [0.1, 0.15) is 53.6 Å². The molecule has 0 radical (unpaired) electrons. The van der Waals surface area contributed by atoms with E-state index in [0.717, 1.165) is 61.0 Å². The largest absolute Gasteiger partial charge is 1.00 e. The van der Waals surface area contributed by atoms with Gasteiger partial charge in [0.1, 0.15) is 0 Å². The topological polar surface area (TPSA) is 94.7 Å². The normalized spacial score (nSPS) is 17.6. The van der Waals surface area contributed by atoms with Crippen molar-refractivity contribution < 1.29 is 47.5 Å². The van der Waals surface area contributed by atoms with E-state index in [1.54, 1.807) is 6.20 Å². The summed E-state index contributed by atoms with van der Waals surface area (Å²) in [5.41, 5.74) is 7.11. The van der Waals surface area contributed by atoms with Crippen LogP contribution in [-0.4, -0.2) is 38.3 Å². The summed E-state index contributed by atoms with van der Waals surface area (Å²) in [6, 6.07) is 2.97. The standard InChI is InChI=1S/C24H32N4O4S.Na/c1-16-13-20(15-27(16)2)28(19-9-11-32-12-10-19)33(30,31)26-24(29)25-23-21-7-3-5-17(21)14-18-6-4-8-22(18)23;/h13-15,19H,3-12H2,1-2H3,(H2,25,26,29);/q;+1/p-1. The Hall–Kier alpha value is -1.52. The quantitative estimate of drug-likeness (QED) is 0.631. The number of hydrogen-bond donors (Lipinski definition) is 1. The molecule has 5 rings (SSSR count). The molecule has 1 saturated heterocycles. The van der Waals surface area contributed by atoms with E-state index >= 15 is 0 Å². The zero-order valence-corrected chi connectivity index (χ0v) is 23.1. The number of benzene rings is 1. The third-order valence-corrected chi connectivity index (χ3v) is 8.57. The van der Waals surface area contributed by atoms with Gasteiger partial charge in [-0.3, -0.25) is 9.10 Å². The van der Waals surface area contributed by atoms with Crippen LogP contribution >= 0.6 is 0 Å². The van der Waals surface area contributed by atoms with Gasteiger partial charge in [-0.05, 0) is 92.3 Å². The molecule has 2 aromatic rings. The molecule has 2 heterocycles. The van der Waals surface area contributed by atoms with Crippen LogP contribution in [0.5, 0.6) is 0 Å². The van der Waals surface area contributed by atoms with Crippen LogP contribution in [-0.2, 0) is 47.7 Å². The maximum Gasteiger partial charge on any atom is 1.00 e. The average molecular weight is 495 g/mol. The van der Waals surface area contributed by atoms with Crippen molar-refractivity contribution in [3.8, 4) is 0 Å². The van der Waals surface area contributed by atoms with Gasteiger partial charge in [0.05, 0.1) is 5.69 Å². The molecule has 2 aliphatic carbocycles. The second kappa shape index (κ2) is 10.2. The van der Waals surface area contributed by atoms with Crippen molar-refractivity contribution in [3.05, 3.63) is 51.0 Å². The van der Waals surface area contributed by atoms with E-state index in [0.29, 0.717) is 31.7 Å². The minimum Gasteiger partial charge on any atom is -0.423 e. The minimum absolute atomic E-state index is 0. The summed E-state index contributed by atoms with van der Waals surface area (Å²) in [5.74, 6) is 0. The molecule has 0 spiro atoms. The number of ether oxygens (including phenoxy) is 1. The molecule has 0 atom stereocenters. The SMILES string of the molecule is Cc1cc(N(C2CCOCC2)S(=O)(=O)[N-]C(=O)Nc2c3c(cc4c2CCC4)CCC3)cn1C.[Na+]. The van der Waals surface area contributed by atoms with Gasteiger partial charge in [-0.2, -0.15) is 0 Å². The molecule has 10 heteroatoms. The van der Waals surface area contributed by atoms with Crippen molar-refractivity contribution in [1.29, 1.82) is 0 Å². The molecule has 8 nitrogen and oxygen atoms in total. The first kappa shape index (κ1) is 25.6. The number of aromatic nitrogens is 1. The Balaban J connectivity index is 0.00000274. The molecule has 1 aliphatic heterocycles. The summed E-state index contributed by atoms with van der Waals surface area (Å²) in [6.45, 7) is 2.88. The molecule has 1 aromatic heterocycles.